The molecule has 0 heterocycles. The first kappa shape index (κ1) is 12.4. The average molecular weight is 187 g/mol. The van der Waals surface area contributed by atoms with Gasteiger partial charge in [-0.05, 0) is 25.9 Å². The van der Waals surface area contributed by atoms with Crippen LogP contribution in [-0.2, 0) is 9.53 Å². The minimum Gasteiger partial charge on any atom is -0.465 e. The van der Waals surface area contributed by atoms with E-state index in [1.54, 1.807) is 4.90 Å². The standard InChI is InChI=1S/C10H21NO2/c1-10(2,3)6-7-13-9(12)8-11(4)5/h6-8H2,1-5H3. The van der Waals surface area contributed by atoms with Crippen molar-refractivity contribution in [2.45, 2.75) is 27.2 Å². The van der Waals surface area contributed by atoms with Gasteiger partial charge in [0.15, 0.2) is 0 Å². The molecule has 0 saturated carbocycles. The Morgan fingerprint density at radius 1 is 1.31 bits per heavy atom. The van der Waals surface area contributed by atoms with Crippen LogP contribution in [0.25, 0.3) is 0 Å². The summed E-state index contributed by atoms with van der Waals surface area (Å²) < 4.78 is 5.05. The SMILES string of the molecule is CN(C)CC(=O)OCCC(C)(C)C. The van der Waals surface area contributed by atoms with Crippen LogP contribution in [0.4, 0.5) is 0 Å². The van der Waals surface area contributed by atoms with E-state index in [1.165, 1.54) is 0 Å². The highest BCUT2D eigenvalue weighted by atomic mass is 16.5. The van der Waals surface area contributed by atoms with E-state index < -0.39 is 0 Å². The lowest BCUT2D eigenvalue weighted by molar-refractivity contribution is -0.144. The van der Waals surface area contributed by atoms with E-state index in [0.717, 1.165) is 6.42 Å². The van der Waals surface area contributed by atoms with Gasteiger partial charge >= 0.3 is 5.97 Å². The molecule has 0 aromatic heterocycles. The quantitative estimate of drug-likeness (QED) is 0.625. The van der Waals surface area contributed by atoms with E-state index in [4.69, 9.17) is 4.74 Å². The summed E-state index contributed by atoms with van der Waals surface area (Å²) in [6.07, 6.45) is 0.909. The van der Waals surface area contributed by atoms with Gasteiger partial charge in [-0.25, -0.2) is 0 Å². The number of carbonyl (C=O) groups is 1. The molecule has 0 aromatic carbocycles. The molecule has 0 aliphatic rings. The Bertz CT molecular complexity index is 159. The Morgan fingerprint density at radius 3 is 2.23 bits per heavy atom. The fourth-order valence-electron chi connectivity index (χ4n) is 0.775. The highest BCUT2D eigenvalue weighted by Crippen LogP contribution is 2.17. The molecule has 0 aromatic rings. The number of ether oxygens (including phenoxy) is 1. The zero-order valence-electron chi connectivity index (χ0n) is 9.39. The molecule has 0 aliphatic heterocycles. The normalized spacial score (nSPS) is 11.8. The first-order valence-corrected chi connectivity index (χ1v) is 4.61. The van der Waals surface area contributed by atoms with Gasteiger partial charge in [-0.15, -0.1) is 0 Å². The number of hydrogen-bond acceptors (Lipinski definition) is 3. The molecule has 0 atom stereocenters. The molecule has 0 radical (unpaired) electrons. The number of esters is 1. The Hall–Kier alpha value is -0.570. The zero-order valence-corrected chi connectivity index (χ0v) is 9.39. The molecular formula is C10H21NO2. The summed E-state index contributed by atoms with van der Waals surface area (Å²) in [5, 5.41) is 0. The van der Waals surface area contributed by atoms with Crippen molar-refractivity contribution in [3.8, 4) is 0 Å². The van der Waals surface area contributed by atoms with E-state index in [1.807, 2.05) is 14.1 Å². The maximum atomic E-state index is 11.1. The second-order valence-electron chi connectivity index (χ2n) is 4.77. The fourth-order valence-corrected chi connectivity index (χ4v) is 0.775. The maximum Gasteiger partial charge on any atom is 0.320 e. The van der Waals surface area contributed by atoms with Gasteiger partial charge in [-0.1, -0.05) is 20.8 Å². The smallest absolute Gasteiger partial charge is 0.320 e. The molecule has 13 heavy (non-hydrogen) atoms. The topological polar surface area (TPSA) is 29.5 Å². The molecule has 0 aliphatic carbocycles. The predicted octanol–water partition coefficient (Wildman–Crippen LogP) is 1.53. The highest BCUT2D eigenvalue weighted by molar-refractivity contribution is 5.71. The molecule has 0 bridgehead atoms. The molecule has 3 nitrogen and oxygen atoms in total. The minimum atomic E-state index is -0.144. The Morgan fingerprint density at radius 2 is 1.85 bits per heavy atom. The van der Waals surface area contributed by atoms with Gasteiger partial charge in [0.25, 0.3) is 0 Å². The van der Waals surface area contributed by atoms with Crippen molar-refractivity contribution < 1.29 is 9.53 Å². The molecule has 0 unspecified atom stereocenters. The molecule has 0 amide bonds. The Labute approximate surface area is 81.1 Å². The molecule has 0 spiro atoms. The Balaban J connectivity index is 3.49. The van der Waals surface area contributed by atoms with Crippen LogP contribution in [0.1, 0.15) is 27.2 Å². The summed E-state index contributed by atoms with van der Waals surface area (Å²) in [4.78, 5) is 12.9. The third-order valence-electron chi connectivity index (χ3n) is 1.56. The van der Waals surface area contributed by atoms with Crippen LogP contribution in [-0.4, -0.2) is 38.1 Å². The van der Waals surface area contributed by atoms with E-state index in [2.05, 4.69) is 20.8 Å². The van der Waals surface area contributed by atoms with Gasteiger partial charge in [0, 0.05) is 0 Å². The first-order chi connectivity index (χ1) is 5.81. The van der Waals surface area contributed by atoms with E-state index in [9.17, 15) is 4.79 Å². The average Bonchev–Trinajstić information content (AvgIpc) is 1.81. The minimum absolute atomic E-state index is 0.144. The molecular weight excluding hydrogens is 166 g/mol. The monoisotopic (exact) mass is 187 g/mol. The van der Waals surface area contributed by atoms with Gasteiger partial charge in [0.05, 0.1) is 13.2 Å². The van der Waals surface area contributed by atoms with Crippen molar-refractivity contribution in [2.75, 3.05) is 27.2 Å². The third kappa shape index (κ3) is 9.34. The number of nitrogens with zero attached hydrogens (tertiary/aromatic N) is 1. The third-order valence-corrected chi connectivity index (χ3v) is 1.56. The van der Waals surface area contributed by atoms with Crippen LogP contribution in [0, 0.1) is 5.41 Å². The van der Waals surface area contributed by atoms with E-state index in [-0.39, 0.29) is 11.4 Å². The van der Waals surface area contributed by atoms with Crippen molar-refractivity contribution in [1.82, 2.24) is 4.90 Å². The van der Waals surface area contributed by atoms with E-state index in [0.29, 0.717) is 13.2 Å². The number of hydrogen-bond donors (Lipinski definition) is 0. The van der Waals surface area contributed by atoms with Crippen LogP contribution < -0.4 is 0 Å². The van der Waals surface area contributed by atoms with Gasteiger partial charge in [0.1, 0.15) is 0 Å². The number of rotatable bonds is 4. The summed E-state index contributed by atoms with van der Waals surface area (Å²) in [6.45, 7) is 7.28. The molecule has 0 rings (SSSR count). The largest absolute Gasteiger partial charge is 0.465 e. The highest BCUT2D eigenvalue weighted by Gasteiger charge is 2.11. The predicted molar refractivity (Wildman–Crippen MR) is 53.6 cm³/mol. The lowest BCUT2D eigenvalue weighted by Crippen LogP contribution is -2.24. The number of likely N-dealkylation sites (N-methyl/N-ethyl adjacent to an activating group) is 1. The molecule has 0 N–H and O–H groups in total. The van der Waals surface area contributed by atoms with Crippen LogP contribution in [0.3, 0.4) is 0 Å². The summed E-state index contributed by atoms with van der Waals surface area (Å²) in [5.74, 6) is -0.144. The van der Waals surface area contributed by atoms with Gasteiger partial charge in [-0.2, -0.15) is 0 Å². The summed E-state index contributed by atoms with van der Waals surface area (Å²) in [5.41, 5.74) is 0.235. The lowest BCUT2D eigenvalue weighted by atomic mass is 9.93. The van der Waals surface area contributed by atoms with Crippen molar-refractivity contribution in [3.63, 3.8) is 0 Å². The molecule has 0 fully saturated rings. The van der Waals surface area contributed by atoms with Crippen LogP contribution >= 0.6 is 0 Å². The van der Waals surface area contributed by atoms with Crippen molar-refractivity contribution >= 4 is 5.97 Å². The molecule has 0 saturated heterocycles. The van der Waals surface area contributed by atoms with Gasteiger partial charge < -0.3 is 4.74 Å². The van der Waals surface area contributed by atoms with Crippen LogP contribution in [0.2, 0.25) is 0 Å². The molecule has 3 heteroatoms. The maximum absolute atomic E-state index is 11.1. The van der Waals surface area contributed by atoms with Crippen LogP contribution in [0.15, 0.2) is 0 Å². The first-order valence-electron chi connectivity index (χ1n) is 4.61. The van der Waals surface area contributed by atoms with Gasteiger partial charge in [0.2, 0.25) is 0 Å². The van der Waals surface area contributed by atoms with Crippen molar-refractivity contribution in [2.24, 2.45) is 5.41 Å². The second-order valence-corrected chi connectivity index (χ2v) is 4.77. The molecule has 78 valence electrons. The summed E-state index contributed by atoms with van der Waals surface area (Å²) in [7, 11) is 3.70. The van der Waals surface area contributed by atoms with E-state index >= 15 is 0 Å². The van der Waals surface area contributed by atoms with Crippen LogP contribution in [0.5, 0.6) is 0 Å². The van der Waals surface area contributed by atoms with Crippen molar-refractivity contribution in [1.29, 1.82) is 0 Å². The van der Waals surface area contributed by atoms with Gasteiger partial charge in [-0.3, -0.25) is 9.69 Å². The Kier molecular flexibility index (Phi) is 4.99. The second kappa shape index (κ2) is 5.22. The number of carbonyl (C=O) groups excluding carboxylic acids is 1. The summed E-state index contributed by atoms with van der Waals surface area (Å²) >= 11 is 0. The fraction of sp³-hybridized carbons (Fsp3) is 0.900. The lowest BCUT2D eigenvalue weighted by Gasteiger charge is -2.18. The summed E-state index contributed by atoms with van der Waals surface area (Å²) in [6, 6.07) is 0. The van der Waals surface area contributed by atoms with Crippen molar-refractivity contribution in [3.05, 3.63) is 0 Å². The zero-order chi connectivity index (χ0) is 10.5.